The highest BCUT2D eigenvalue weighted by Crippen LogP contribution is 2.44. The van der Waals surface area contributed by atoms with Gasteiger partial charge in [-0.1, -0.05) is 48.5 Å². The maximum Gasteiger partial charge on any atom is 0.407 e. The highest BCUT2D eigenvalue weighted by molar-refractivity contribution is 5.84. The van der Waals surface area contributed by atoms with Crippen LogP contribution in [-0.4, -0.2) is 53.5 Å². The number of ether oxygens (including phenoxy) is 1. The van der Waals surface area contributed by atoms with Gasteiger partial charge in [-0.2, -0.15) is 0 Å². The van der Waals surface area contributed by atoms with Crippen molar-refractivity contribution in [1.82, 2.24) is 10.6 Å². The summed E-state index contributed by atoms with van der Waals surface area (Å²) in [6, 6.07) is 14.3. The standard InChI is InChI=1S/C23H26N2O6/c1-14(12-21(27)25-20(10-11-26)22(28)29)24-23(30)31-13-19-17-8-4-2-6-15(17)16-7-3-5-9-18(16)19/h2-9,14,19-20,26H,10-13H2,1H3,(H,24,30)(H,25,27)(H,28,29)/t14-,20?/m1/s1. The zero-order valence-electron chi connectivity index (χ0n) is 17.2. The Labute approximate surface area is 180 Å². The van der Waals surface area contributed by atoms with E-state index in [0.29, 0.717) is 0 Å². The molecule has 0 aliphatic heterocycles. The Kier molecular flexibility index (Phi) is 7.25. The van der Waals surface area contributed by atoms with Gasteiger partial charge in [-0.25, -0.2) is 9.59 Å². The molecule has 2 amide bonds. The van der Waals surface area contributed by atoms with Gasteiger partial charge in [0.15, 0.2) is 0 Å². The molecule has 8 heteroatoms. The number of rotatable bonds is 9. The van der Waals surface area contributed by atoms with E-state index in [0.717, 1.165) is 22.3 Å². The van der Waals surface area contributed by atoms with Crippen LogP contribution in [0, 0.1) is 0 Å². The molecule has 0 heterocycles. The molecule has 164 valence electrons. The predicted molar refractivity (Wildman–Crippen MR) is 114 cm³/mol. The van der Waals surface area contributed by atoms with Crippen LogP contribution in [0.3, 0.4) is 0 Å². The minimum Gasteiger partial charge on any atom is -0.480 e. The number of carboxylic acid groups (broad SMARTS) is 1. The summed E-state index contributed by atoms with van der Waals surface area (Å²) in [4.78, 5) is 35.3. The summed E-state index contributed by atoms with van der Waals surface area (Å²) in [7, 11) is 0. The third-order valence-corrected chi connectivity index (χ3v) is 5.25. The lowest BCUT2D eigenvalue weighted by Crippen LogP contribution is -2.44. The number of carboxylic acids is 1. The first kappa shape index (κ1) is 22.3. The zero-order valence-corrected chi connectivity index (χ0v) is 17.2. The average Bonchev–Trinajstić information content (AvgIpc) is 3.05. The van der Waals surface area contributed by atoms with Gasteiger partial charge in [0.25, 0.3) is 0 Å². The first-order valence-electron chi connectivity index (χ1n) is 10.1. The number of fused-ring (bicyclic) bond motifs is 3. The van der Waals surface area contributed by atoms with Crippen molar-refractivity contribution in [2.75, 3.05) is 13.2 Å². The quantitative estimate of drug-likeness (QED) is 0.487. The number of aliphatic carboxylic acids is 1. The van der Waals surface area contributed by atoms with E-state index in [4.69, 9.17) is 14.9 Å². The fourth-order valence-electron chi connectivity index (χ4n) is 3.81. The van der Waals surface area contributed by atoms with Crippen LogP contribution in [0.5, 0.6) is 0 Å². The minimum absolute atomic E-state index is 0.0634. The first-order chi connectivity index (χ1) is 14.9. The Hall–Kier alpha value is -3.39. The number of amides is 2. The normalized spacial score (nSPS) is 14.1. The number of aliphatic hydroxyl groups is 1. The largest absolute Gasteiger partial charge is 0.480 e. The fourth-order valence-corrected chi connectivity index (χ4v) is 3.81. The Balaban J connectivity index is 1.52. The molecular weight excluding hydrogens is 400 g/mol. The average molecular weight is 426 g/mol. The predicted octanol–water partition coefficient (Wildman–Crippen LogP) is 2.26. The molecule has 0 bridgehead atoms. The SMILES string of the molecule is C[C@H](CC(=O)NC(CCO)C(=O)O)NC(=O)OCC1c2ccccc2-c2ccccc21. The number of nitrogens with one attached hydrogen (secondary N) is 2. The summed E-state index contributed by atoms with van der Waals surface area (Å²) in [5, 5.41) is 22.8. The van der Waals surface area contributed by atoms with E-state index in [9.17, 15) is 14.4 Å². The van der Waals surface area contributed by atoms with Gasteiger partial charge in [-0.15, -0.1) is 0 Å². The molecule has 0 saturated carbocycles. The Morgan fingerprint density at radius 3 is 2.13 bits per heavy atom. The van der Waals surface area contributed by atoms with Crippen LogP contribution in [0.2, 0.25) is 0 Å². The molecule has 8 nitrogen and oxygen atoms in total. The van der Waals surface area contributed by atoms with Crippen molar-refractivity contribution in [2.45, 2.75) is 37.8 Å². The van der Waals surface area contributed by atoms with Gasteiger partial charge in [-0.3, -0.25) is 4.79 Å². The molecule has 0 saturated heterocycles. The summed E-state index contributed by atoms with van der Waals surface area (Å²) in [6.45, 7) is 1.43. The summed E-state index contributed by atoms with van der Waals surface area (Å²) in [6.07, 6.45) is -0.846. The molecule has 2 atom stereocenters. The summed E-state index contributed by atoms with van der Waals surface area (Å²) < 4.78 is 5.44. The molecule has 31 heavy (non-hydrogen) atoms. The van der Waals surface area contributed by atoms with Crippen molar-refractivity contribution >= 4 is 18.0 Å². The monoisotopic (exact) mass is 426 g/mol. The van der Waals surface area contributed by atoms with Crippen LogP contribution in [0.15, 0.2) is 48.5 Å². The van der Waals surface area contributed by atoms with Crippen molar-refractivity contribution in [3.63, 3.8) is 0 Å². The molecule has 4 N–H and O–H groups in total. The van der Waals surface area contributed by atoms with Gasteiger partial charge in [0, 0.05) is 31.4 Å². The highest BCUT2D eigenvalue weighted by Gasteiger charge is 2.29. The molecule has 0 radical (unpaired) electrons. The maximum absolute atomic E-state index is 12.3. The lowest BCUT2D eigenvalue weighted by Gasteiger charge is -2.18. The lowest BCUT2D eigenvalue weighted by molar-refractivity contribution is -0.142. The number of hydrogen-bond donors (Lipinski definition) is 4. The van der Waals surface area contributed by atoms with Gasteiger partial charge in [0.1, 0.15) is 12.6 Å². The van der Waals surface area contributed by atoms with Crippen LogP contribution in [0.1, 0.15) is 36.8 Å². The summed E-state index contributed by atoms with van der Waals surface area (Å²) in [5.74, 6) is -1.82. The number of benzene rings is 2. The molecule has 1 aliphatic carbocycles. The second kappa shape index (κ2) is 10.1. The molecule has 1 unspecified atom stereocenters. The van der Waals surface area contributed by atoms with Crippen LogP contribution in [-0.2, 0) is 14.3 Å². The molecule has 2 aromatic rings. The van der Waals surface area contributed by atoms with Crippen molar-refractivity contribution in [1.29, 1.82) is 0 Å². The van der Waals surface area contributed by atoms with Gasteiger partial charge < -0.3 is 25.6 Å². The molecule has 2 aromatic carbocycles. The summed E-state index contributed by atoms with van der Waals surface area (Å²) >= 11 is 0. The van der Waals surface area contributed by atoms with Crippen LogP contribution in [0.4, 0.5) is 4.79 Å². The number of carbonyl (C=O) groups is 3. The van der Waals surface area contributed by atoms with Gasteiger partial charge in [0.2, 0.25) is 5.91 Å². The maximum atomic E-state index is 12.3. The van der Waals surface area contributed by atoms with Crippen LogP contribution in [0.25, 0.3) is 11.1 Å². The lowest BCUT2D eigenvalue weighted by atomic mass is 9.98. The highest BCUT2D eigenvalue weighted by atomic mass is 16.5. The number of carbonyl (C=O) groups excluding carboxylic acids is 2. The second-order valence-electron chi connectivity index (χ2n) is 7.55. The topological polar surface area (TPSA) is 125 Å². The van der Waals surface area contributed by atoms with Gasteiger partial charge >= 0.3 is 12.1 Å². The Morgan fingerprint density at radius 2 is 1.58 bits per heavy atom. The summed E-state index contributed by atoms with van der Waals surface area (Å²) in [5.41, 5.74) is 4.47. The van der Waals surface area contributed by atoms with E-state index in [1.54, 1.807) is 6.92 Å². The van der Waals surface area contributed by atoms with Crippen molar-refractivity contribution in [3.05, 3.63) is 59.7 Å². The van der Waals surface area contributed by atoms with Crippen LogP contribution >= 0.6 is 0 Å². The Morgan fingerprint density at radius 1 is 1.00 bits per heavy atom. The van der Waals surface area contributed by atoms with E-state index >= 15 is 0 Å². The van der Waals surface area contributed by atoms with E-state index in [1.165, 1.54) is 0 Å². The Bertz CT molecular complexity index is 915. The van der Waals surface area contributed by atoms with Gasteiger partial charge in [-0.05, 0) is 29.2 Å². The fraction of sp³-hybridized carbons (Fsp3) is 0.348. The van der Waals surface area contributed by atoms with Crippen molar-refractivity contribution in [3.8, 4) is 11.1 Å². The molecule has 0 fully saturated rings. The van der Waals surface area contributed by atoms with E-state index < -0.39 is 30.1 Å². The molecule has 1 aliphatic rings. The van der Waals surface area contributed by atoms with Crippen LogP contribution < -0.4 is 10.6 Å². The number of hydrogen-bond acceptors (Lipinski definition) is 5. The first-order valence-corrected chi connectivity index (χ1v) is 10.1. The molecule has 3 rings (SSSR count). The molecular formula is C23H26N2O6. The zero-order chi connectivity index (χ0) is 22.4. The number of aliphatic hydroxyl groups excluding tert-OH is 1. The molecule has 0 aromatic heterocycles. The second-order valence-corrected chi connectivity index (χ2v) is 7.55. The van der Waals surface area contributed by atoms with E-state index in [1.807, 2.05) is 36.4 Å². The van der Waals surface area contributed by atoms with Crippen molar-refractivity contribution < 1.29 is 29.3 Å². The van der Waals surface area contributed by atoms with Gasteiger partial charge in [0.05, 0.1) is 0 Å². The minimum atomic E-state index is -1.22. The molecule has 0 spiro atoms. The van der Waals surface area contributed by atoms with Crippen molar-refractivity contribution in [2.24, 2.45) is 0 Å². The smallest absolute Gasteiger partial charge is 0.407 e. The third kappa shape index (κ3) is 5.40. The number of alkyl carbamates (subject to hydrolysis) is 1. The van der Waals surface area contributed by atoms with E-state index in [-0.39, 0.29) is 32.0 Å². The van der Waals surface area contributed by atoms with E-state index in [2.05, 4.69) is 22.8 Å². The third-order valence-electron chi connectivity index (χ3n) is 5.25.